The number of ether oxygens (including phenoxy) is 1. The molecule has 4 aliphatic heterocycles. The third-order valence-corrected chi connectivity index (χ3v) is 8.55. The number of nitrogens with one attached hydrogen (secondary N) is 2. The minimum absolute atomic E-state index is 0.0280. The van der Waals surface area contributed by atoms with Crippen LogP contribution in [0.2, 0.25) is 0 Å². The molecule has 5 fully saturated rings. The number of piperidine rings is 1. The average molecular weight is 491 g/mol. The van der Waals surface area contributed by atoms with Crippen LogP contribution in [0.4, 0.5) is 0 Å². The van der Waals surface area contributed by atoms with Gasteiger partial charge in [0, 0.05) is 49.5 Å². The number of carbonyl (C=O) groups excluding carboxylic acids is 2. The summed E-state index contributed by atoms with van der Waals surface area (Å²) in [6, 6.07) is -1.11. The van der Waals surface area contributed by atoms with E-state index >= 15 is 0 Å². The lowest BCUT2D eigenvalue weighted by atomic mass is 9.57. The summed E-state index contributed by atoms with van der Waals surface area (Å²) in [6.07, 6.45) is 5.78. The largest absolute Gasteiger partial charge is 0.480 e. The molecule has 11 heteroatoms. The number of imidazole rings is 1. The molecule has 5 heterocycles. The van der Waals surface area contributed by atoms with Gasteiger partial charge >= 0.3 is 5.97 Å². The molecule has 1 aromatic heterocycles. The lowest BCUT2D eigenvalue weighted by Gasteiger charge is -2.61. The summed E-state index contributed by atoms with van der Waals surface area (Å²) in [7, 11) is 0. The highest BCUT2D eigenvalue weighted by molar-refractivity contribution is 5.85. The molecule has 1 aromatic rings. The van der Waals surface area contributed by atoms with E-state index in [4.69, 9.17) is 14.5 Å². The van der Waals surface area contributed by atoms with Crippen LogP contribution in [0, 0.1) is 23.7 Å². The molecule has 2 amide bonds. The van der Waals surface area contributed by atoms with Gasteiger partial charge in [0.15, 0.2) is 11.8 Å². The topological polar surface area (TPSA) is 143 Å². The van der Waals surface area contributed by atoms with E-state index in [9.17, 15) is 19.5 Å². The van der Waals surface area contributed by atoms with Crippen molar-refractivity contribution in [2.75, 3.05) is 6.54 Å². The van der Waals surface area contributed by atoms with Crippen LogP contribution >= 0.6 is 0 Å². The van der Waals surface area contributed by atoms with Gasteiger partial charge in [0.05, 0.1) is 6.33 Å². The fourth-order valence-corrected chi connectivity index (χ4v) is 6.69. The Kier molecular flexibility index (Phi) is 6.13. The first-order valence-electron chi connectivity index (χ1n) is 12.5. The Morgan fingerprint density at radius 2 is 2.09 bits per heavy atom. The van der Waals surface area contributed by atoms with Crippen LogP contribution in [0.25, 0.3) is 0 Å². The number of hydrogen-bond donors (Lipinski definition) is 3. The van der Waals surface area contributed by atoms with Crippen molar-refractivity contribution in [3.05, 3.63) is 18.2 Å². The van der Waals surface area contributed by atoms with Crippen LogP contribution < -0.4 is 5.32 Å². The summed E-state index contributed by atoms with van der Waals surface area (Å²) in [5, 5.41) is 12.1. The van der Waals surface area contributed by atoms with Crippen LogP contribution in [0.5, 0.6) is 0 Å². The summed E-state index contributed by atoms with van der Waals surface area (Å²) in [5.41, 5.74) is -0.171. The fraction of sp³-hybridized carbons (Fsp3) is 0.750. The maximum atomic E-state index is 13.5. The van der Waals surface area contributed by atoms with Crippen LogP contribution in [0.1, 0.15) is 58.6 Å². The van der Waals surface area contributed by atoms with Crippen molar-refractivity contribution in [3.8, 4) is 0 Å². The highest BCUT2D eigenvalue weighted by Gasteiger charge is 2.70. The van der Waals surface area contributed by atoms with Gasteiger partial charge in [-0.1, -0.05) is 13.8 Å². The molecular formula is C24H34N4O7. The van der Waals surface area contributed by atoms with Gasteiger partial charge < -0.3 is 25.0 Å². The average Bonchev–Trinajstić information content (AvgIpc) is 3.22. The van der Waals surface area contributed by atoms with E-state index in [2.05, 4.69) is 22.2 Å². The molecule has 1 saturated carbocycles. The quantitative estimate of drug-likeness (QED) is 0.489. The number of hydrogen-bond acceptors (Lipinski definition) is 7. The Morgan fingerprint density at radius 1 is 1.29 bits per heavy atom. The molecule has 11 nitrogen and oxygen atoms in total. The van der Waals surface area contributed by atoms with Gasteiger partial charge in [-0.15, -0.1) is 0 Å². The molecule has 8 atom stereocenters. The highest BCUT2D eigenvalue weighted by atomic mass is 17.3. The first-order chi connectivity index (χ1) is 16.6. The molecule has 0 radical (unpaired) electrons. The first-order valence-corrected chi connectivity index (χ1v) is 12.5. The van der Waals surface area contributed by atoms with E-state index in [0.717, 1.165) is 19.3 Å². The Labute approximate surface area is 203 Å². The molecule has 8 unspecified atom stereocenters. The van der Waals surface area contributed by atoms with Gasteiger partial charge in [-0.3, -0.25) is 9.59 Å². The number of carbonyl (C=O) groups is 3. The number of fused-ring (bicyclic) bond motifs is 2. The molecule has 0 aromatic carbocycles. The normalized spacial score (nSPS) is 39.0. The molecule has 5 aliphatic rings. The van der Waals surface area contributed by atoms with Crippen molar-refractivity contribution in [3.63, 3.8) is 0 Å². The zero-order chi connectivity index (χ0) is 25.0. The van der Waals surface area contributed by atoms with Gasteiger partial charge in [-0.2, -0.15) is 0 Å². The number of amides is 2. The molecule has 2 bridgehead atoms. The molecule has 6 rings (SSSR count). The summed E-state index contributed by atoms with van der Waals surface area (Å²) in [6.45, 7) is 6.08. The number of carboxylic acid groups (broad SMARTS) is 1. The van der Waals surface area contributed by atoms with Crippen LogP contribution in [-0.2, 0) is 35.3 Å². The summed E-state index contributed by atoms with van der Waals surface area (Å²) >= 11 is 0. The zero-order valence-electron chi connectivity index (χ0n) is 20.4. The molecule has 192 valence electrons. The second-order valence-electron chi connectivity index (χ2n) is 10.7. The van der Waals surface area contributed by atoms with Crippen LogP contribution in [-0.4, -0.2) is 68.0 Å². The molecule has 4 saturated heterocycles. The van der Waals surface area contributed by atoms with Crippen LogP contribution in [0.3, 0.4) is 0 Å². The van der Waals surface area contributed by atoms with Gasteiger partial charge in [0.2, 0.25) is 17.6 Å². The lowest BCUT2D eigenvalue weighted by Crippen LogP contribution is -2.75. The smallest absolute Gasteiger partial charge is 0.326 e. The predicted molar refractivity (Wildman–Crippen MR) is 120 cm³/mol. The Hall–Kier alpha value is -2.50. The molecule has 1 aliphatic carbocycles. The summed E-state index contributed by atoms with van der Waals surface area (Å²) in [5.74, 6) is -2.38. The third kappa shape index (κ3) is 4.03. The minimum atomic E-state index is -1.14. The third-order valence-electron chi connectivity index (χ3n) is 8.55. The number of aromatic nitrogens is 2. The summed E-state index contributed by atoms with van der Waals surface area (Å²) < 4.78 is 6.45. The highest BCUT2D eigenvalue weighted by Crippen LogP contribution is 2.60. The number of aliphatic carboxylic acids is 1. The van der Waals surface area contributed by atoms with Crippen LogP contribution in [0.15, 0.2) is 12.5 Å². The maximum absolute atomic E-state index is 13.5. The second-order valence-corrected chi connectivity index (χ2v) is 10.7. The number of likely N-dealkylation sites (tertiary alicyclic amines) is 1. The number of aromatic amines is 1. The number of carboxylic acids is 1. The number of rotatable bonds is 7. The Morgan fingerprint density at radius 3 is 2.80 bits per heavy atom. The van der Waals surface area contributed by atoms with Crippen molar-refractivity contribution in [1.82, 2.24) is 20.2 Å². The van der Waals surface area contributed by atoms with Gasteiger partial charge in [-0.05, 0) is 38.0 Å². The second kappa shape index (κ2) is 8.86. The number of nitrogens with zero attached hydrogens (tertiary/aromatic N) is 2. The van der Waals surface area contributed by atoms with Crippen molar-refractivity contribution in [2.45, 2.75) is 83.0 Å². The van der Waals surface area contributed by atoms with Crippen molar-refractivity contribution in [2.24, 2.45) is 23.7 Å². The Bertz CT molecular complexity index is 987. The van der Waals surface area contributed by atoms with Crippen molar-refractivity contribution >= 4 is 17.8 Å². The van der Waals surface area contributed by atoms with Gasteiger partial charge in [0.1, 0.15) is 6.04 Å². The van der Waals surface area contributed by atoms with E-state index in [0.29, 0.717) is 18.0 Å². The standard InChI is InChI=1S/C24H34N4O7/c1-13-4-5-17-14(2)20(30)28(22-24(17)16(13)6-8-23(3,33-22)34-35-24)9-7-19(29)27-18(21(31)32)10-15-11-25-12-26-15/h11-14,16-18,22H,4-10H2,1-3H3,(H,25,26)(H,27,29)(H,31,32). The van der Waals surface area contributed by atoms with Crippen molar-refractivity contribution in [1.29, 1.82) is 0 Å². The van der Waals surface area contributed by atoms with E-state index in [-0.39, 0.29) is 43.0 Å². The van der Waals surface area contributed by atoms with E-state index in [1.807, 2.05) is 13.8 Å². The van der Waals surface area contributed by atoms with Crippen molar-refractivity contribution < 1.29 is 34.0 Å². The maximum Gasteiger partial charge on any atom is 0.326 e. The fourth-order valence-electron chi connectivity index (χ4n) is 6.69. The SMILES string of the molecule is CC1CCC2C(C)C(=O)N(CCC(=O)NC(Cc3cnc[nH]3)C(=O)O)C3OC4(C)CCC1C23OO4. The summed E-state index contributed by atoms with van der Waals surface area (Å²) in [4.78, 5) is 58.4. The zero-order valence-corrected chi connectivity index (χ0v) is 20.4. The lowest BCUT2D eigenvalue weighted by molar-refractivity contribution is -0.547. The molecule has 35 heavy (non-hydrogen) atoms. The molecule has 1 spiro atoms. The predicted octanol–water partition coefficient (Wildman–Crippen LogP) is 1.61. The first kappa shape index (κ1) is 24.2. The molecule has 3 N–H and O–H groups in total. The van der Waals surface area contributed by atoms with E-state index < -0.39 is 35.5 Å². The van der Waals surface area contributed by atoms with Gasteiger partial charge in [-0.25, -0.2) is 19.6 Å². The molecular weight excluding hydrogens is 456 g/mol. The number of H-pyrrole nitrogens is 1. The van der Waals surface area contributed by atoms with E-state index in [1.54, 1.807) is 4.90 Å². The van der Waals surface area contributed by atoms with E-state index in [1.165, 1.54) is 12.5 Å². The Balaban J connectivity index is 1.34. The van der Waals surface area contributed by atoms with Gasteiger partial charge in [0.25, 0.3) is 0 Å². The minimum Gasteiger partial charge on any atom is -0.480 e. The monoisotopic (exact) mass is 490 g/mol.